The van der Waals surface area contributed by atoms with Crippen LogP contribution in [0.1, 0.15) is 38.5 Å². The summed E-state index contributed by atoms with van der Waals surface area (Å²) in [5.74, 6) is 1.54. The lowest BCUT2D eigenvalue weighted by Gasteiger charge is -2.19. The molecule has 0 aliphatic heterocycles. The molecule has 0 atom stereocenters. The first-order valence-corrected chi connectivity index (χ1v) is 6.40. The van der Waals surface area contributed by atoms with Crippen molar-refractivity contribution in [2.75, 3.05) is 12.8 Å². The molecule has 2 rings (SSSR count). The maximum absolute atomic E-state index is 6.03. The minimum atomic E-state index is 0.313. The molecular formula is C14H21NO2. The zero-order valence-electron chi connectivity index (χ0n) is 10.4. The lowest BCUT2D eigenvalue weighted by atomic mass is 10.1. The molecule has 0 unspecified atom stereocenters. The molecule has 3 heteroatoms. The summed E-state index contributed by atoms with van der Waals surface area (Å²) in [5.41, 5.74) is 6.50. The van der Waals surface area contributed by atoms with Crippen molar-refractivity contribution < 1.29 is 9.47 Å². The molecule has 0 saturated heterocycles. The van der Waals surface area contributed by atoms with Gasteiger partial charge in [0.15, 0.2) is 11.5 Å². The van der Waals surface area contributed by atoms with Gasteiger partial charge >= 0.3 is 0 Å². The fourth-order valence-electron chi connectivity index (χ4n) is 2.32. The number of anilines is 1. The van der Waals surface area contributed by atoms with E-state index >= 15 is 0 Å². The van der Waals surface area contributed by atoms with Crippen molar-refractivity contribution in [3.05, 3.63) is 18.2 Å². The zero-order chi connectivity index (χ0) is 12.1. The Kier molecular flexibility index (Phi) is 4.13. The van der Waals surface area contributed by atoms with Gasteiger partial charge in [0.25, 0.3) is 0 Å². The highest BCUT2D eigenvalue weighted by Crippen LogP contribution is 2.32. The Morgan fingerprint density at radius 2 is 1.76 bits per heavy atom. The largest absolute Gasteiger partial charge is 0.493 e. The average Bonchev–Trinajstić information content (AvgIpc) is 2.58. The summed E-state index contributed by atoms with van der Waals surface area (Å²) >= 11 is 0. The van der Waals surface area contributed by atoms with E-state index in [4.69, 9.17) is 15.2 Å². The summed E-state index contributed by atoms with van der Waals surface area (Å²) in [6, 6.07) is 5.55. The van der Waals surface area contributed by atoms with Crippen molar-refractivity contribution in [3.8, 4) is 11.5 Å². The molecule has 1 aromatic rings. The molecule has 17 heavy (non-hydrogen) atoms. The normalized spacial score (nSPS) is 17.5. The Balaban J connectivity index is 2.07. The van der Waals surface area contributed by atoms with E-state index in [1.807, 2.05) is 18.2 Å². The Morgan fingerprint density at radius 3 is 2.41 bits per heavy atom. The Morgan fingerprint density at radius 1 is 1.06 bits per heavy atom. The van der Waals surface area contributed by atoms with Crippen molar-refractivity contribution in [1.29, 1.82) is 0 Å². The highest BCUT2D eigenvalue weighted by Gasteiger charge is 2.15. The molecule has 3 nitrogen and oxygen atoms in total. The second kappa shape index (κ2) is 5.80. The predicted octanol–water partition coefficient (Wildman–Crippen LogP) is 3.38. The first-order valence-electron chi connectivity index (χ1n) is 6.40. The first-order chi connectivity index (χ1) is 8.29. The SMILES string of the molecule is COc1ccc(N)cc1OC1CCCCCC1. The van der Waals surface area contributed by atoms with Crippen molar-refractivity contribution >= 4 is 5.69 Å². The Bertz CT molecular complexity index is 357. The van der Waals surface area contributed by atoms with Gasteiger partial charge in [0, 0.05) is 11.8 Å². The van der Waals surface area contributed by atoms with E-state index in [0.29, 0.717) is 6.10 Å². The van der Waals surface area contributed by atoms with Crippen LogP contribution in [-0.4, -0.2) is 13.2 Å². The fraction of sp³-hybridized carbons (Fsp3) is 0.571. The molecule has 1 saturated carbocycles. The predicted molar refractivity (Wildman–Crippen MR) is 69.5 cm³/mol. The van der Waals surface area contributed by atoms with E-state index in [9.17, 15) is 0 Å². The van der Waals surface area contributed by atoms with Crippen molar-refractivity contribution in [1.82, 2.24) is 0 Å². The highest BCUT2D eigenvalue weighted by atomic mass is 16.5. The van der Waals surface area contributed by atoms with E-state index in [0.717, 1.165) is 30.0 Å². The number of ether oxygens (including phenoxy) is 2. The fourth-order valence-corrected chi connectivity index (χ4v) is 2.32. The third kappa shape index (κ3) is 3.29. The number of hydrogen-bond acceptors (Lipinski definition) is 3. The lowest BCUT2D eigenvalue weighted by Crippen LogP contribution is -2.15. The molecule has 0 aromatic heterocycles. The van der Waals surface area contributed by atoms with Crippen LogP contribution in [0.15, 0.2) is 18.2 Å². The third-order valence-corrected chi connectivity index (χ3v) is 3.28. The number of benzene rings is 1. The second-order valence-electron chi connectivity index (χ2n) is 4.64. The summed E-state index contributed by atoms with van der Waals surface area (Å²) in [5, 5.41) is 0. The smallest absolute Gasteiger partial charge is 0.163 e. The van der Waals surface area contributed by atoms with Crippen LogP contribution in [0.5, 0.6) is 11.5 Å². The summed E-state index contributed by atoms with van der Waals surface area (Å²) in [6.45, 7) is 0. The van der Waals surface area contributed by atoms with Gasteiger partial charge in [-0.1, -0.05) is 12.8 Å². The molecular weight excluding hydrogens is 214 g/mol. The van der Waals surface area contributed by atoms with Gasteiger partial charge in [-0.15, -0.1) is 0 Å². The molecule has 1 fully saturated rings. The Labute approximate surface area is 103 Å². The van der Waals surface area contributed by atoms with E-state index < -0.39 is 0 Å². The molecule has 1 aromatic carbocycles. The van der Waals surface area contributed by atoms with Gasteiger partial charge in [-0.3, -0.25) is 0 Å². The van der Waals surface area contributed by atoms with E-state index in [1.165, 1.54) is 25.7 Å². The number of rotatable bonds is 3. The standard InChI is InChI=1S/C14H21NO2/c1-16-13-9-8-11(15)10-14(13)17-12-6-4-2-3-5-7-12/h8-10,12H,2-7,15H2,1H3. The van der Waals surface area contributed by atoms with E-state index in [2.05, 4.69) is 0 Å². The summed E-state index contributed by atoms with van der Waals surface area (Å²) < 4.78 is 11.3. The van der Waals surface area contributed by atoms with E-state index in [1.54, 1.807) is 7.11 Å². The number of nitrogens with two attached hydrogens (primary N) is 1. The van der Waals surface area contributed by atoms with E-state index in [-0.39, 0.29) is 0 Å². The second-order valence-corrected chi connectivity index (χ2v) is 4.64. The van der Waals surface area contributed by atoms with Crippen molar-refractivity contribution in [2.24, 2.45) is 0 Å². The molecule has 0 amide bonds. The van der Waals surface area contributed by atoms with Gasteiger partial charge in [0.1, 0.15) is 0 Å². The number of hydrogen-bond donors (Lipinski definition) is 1. The van der Waals surface area contributed by atoms with Crippen LogP contribution < -0.4 is 15.2 Å². The quantitative estimate of drug-likeness (QED) is 0.645. The maximum atomic E-state index is 6.03. The molecule has 2 N–H and O–H groups in total. The van der Waals surface area contributed by atoms with Crippen molar-refractivity contribution in [2.45, 2.75) is 44.6 Å². The Hall–Kier alpha value is -1.38. The third-order valence-electron chi connectivity index (χ3n) is 3.28. The minimum Gasteiger partial charge on any atom is -0.493 e. The summed E-state index contributed by atoms with van der Waals surface area (Å²) in [7, 11) is 1.66. The van der Waals surface area contributed by atoms with Crippen LogP contribution >= 0.6 is 0 Å². The van der Waals surface area contributed by atoms with Gasteiger partial charge in [-0.2, -0.15) is 0 Å². The molecule has 0 bridgehead atoms. The van der Waals surface area contributed by atoms with Gasteiger partial charge in [-0.05, 0) is 37.8 Å². The first kappa shape index (κ1) is 12.1. The topological polar surface area (TPSA) is 44.5 Å². The summed E-state index contributed by atoms with van der Waals surface area (Å²) in [4.78, 5) is 0. The van der Waals surface area contributed by atoms with Crippen LogP contribution in [0.4, 0.5) is 5.69 Å². The van der Waals surface area contributed by atoms with Crippen LogP contribution in [0.2, 0.25) is 0 Å². The van der Waals surface area contributed by atoms with Crippen molar-refractivity contribution in [3.63, 3.8) is 0 Å². The van der Waals surface area contributed by atoms with Crippen LogP contribution in [-0.2, 0) is 0 Å². The number of nitrogen functional groups attached to an aromatic ring is 1. The van der Waals surface area contributed by atoms with Gasteiger partial charge in [0.2, 0.25) is 0 Å². The summed E-state index contributed by atoms with van der Waals surface area (Å²) in [6.07, 6.45) is 7.76. The van der Waals surface area contributed by atoms with Crippen LogP contribution in [0, 0.1) is 0 Å². The van der Waals surface area contributed by atoms with Gasteiger partial charge in [-0.25, -0.2) is 0 Å². The zero-order valence-corrected chi connectivity index (χ0v) is 10.4. The number of methoxy groups -OCH3 is 1. The van der Waals surface area contributed by atoms with Crippen LogP contribution in [0.25, 0.3) is 0 Å². The lowest BCUT2D eigenvalue weighted by molar-refractivity contribution is 0.176. The molecule has 1 aliphatic rings. The molecule has 0 heterocycles. The van der Waals surface area contributed by atoms with Gasteiger partial charge < -0.3 is 15.2 Å². The average molecular weight is 235 g/mol. The molecule has 1 aliphatic carbocycles. The minimum absolute atomic E-state index is 0.313. The molecule has 0 spiro atoms. The molecule has 94 valence electrons. The monoisotopic (exact) mass is 235 g/mol. The maximum Gasteiger partial charge on any atom is 0.163 e. The van der Waals surface area contributed by atoms with Crippen LogP contribution in [0.3, 0.4) is 0 Å². The highest BCUT2D eigenvalue weighted by molar-refractivity contribution is 5.52. The molecule has 0 radical (unpaired) electrons. The van der Waals surface area contributed by atoms with Gasteiger partial charge in [0.05, 0.1) is 13.2 Å².